The van der Waals surface area contributed by atoms with E-state index >= 15 is 0 Å². The van der Waals surface area contributed by atoms with Gasteiger partial charge in [0, 0.05) is 31.6 Å². The average Bonchev–Trinajstić information content (AvgIpc) is 3.39. The van der Waals surface area contributed by atoms with Gasteiger partial charge in [-0.1, -0.05) is 64.2 Å². The third-order valence-electron chi connectivity index (χ3n) is 8.07. The first-order valence-corrected chi connectivity index (χ1v) is 18.8. The van der Waals surface area contributed by atoms with Crippen LogP contribution in [0.4, 0.5) is 0 Å². The summed E-state index contributed by atoms with van der Waals surface area (Å²) in [5.74, 6) is 0.0575. The highest BCUT2D eigenvalue weighted by molar-refractivity contribution is 6.75. The maximum absolute atomic E-state index is 7.48. The monoisotopic (exact) mass is 570 g/mol. The maximum Gasteiger partial charge on any atom is 0.494 e. The number of nitrogens with zero attached hydrogens (tertiary/aromatic N) is 1. The summed E-state index contributed by atoms with van der Waals surface area (Å²) in [7, 11) is -6.14. The summed E-state index contributed by atoms with van der Waals surface area (Å²) in [6, 6.07) is 1.28. The Labute approximate surface area is 230 Å². The average molecular weight is 571 g/mol. The van der Waals surface area contributed by atoms with Gasteiger partial charge in [-0.05, 0) is 25.7 Å². The largest absolute Gasteiger partial charge is 0.494 e. The van der Waals surface area contributed by atoms with Gasteiger partial charge in [-0.15, -0.1) is 0 Å². The van der Waals surface area contributed by atoms with Gasteiger partial charge < -0.3 is 44.3 Å². The molecule has 218 valence electrons. The molecule has 3 saturated heterocycles. The van der Waals surface area contributed by atoms with Crippen molar-refractivity contribution in [2.45, 2.75) is 133 Å². The first kappa shape index (κ1) is 29.7. The standard InChI is InChI=1S/C25H50N6O5Si2/c26-24(27)30-15-11-17-37-32-20-13-9-7-5-3-1-2-4-6-8-10-14-21-23(19-22(20)34-37)35-38(33-21,36-37)18-12-16-31-25(28)29/h20-23H,1-19H2,(H4,26,27,30)(H4,28,29,31)/t20?,21?,22-,23?,37?,38?/m1/s1. The number of guanidine groups is 2. The van der Waals surface area contributed by atoms with Crippen molar-refractivity contribution in [3.63, 3.8) is 0 Å². The van der Waals surface area contributed by atoms with Crippen LogP contribution in [0.2, 0.25) is 12.1 Å². The van der Waals surface area contributed by atoms with E-state index in [0.29, 0.717) is 31.6 Å². The lowest BCUT2D eigenvalue weighted by molar-refractivity contribution is 0.0572. The van der Waals surface area contributed by atoms with Gasteiger partial charge in [0.25, 0.3) is 0 Å². The zero-order chi connectivity index (χ0) is 26.8. The van der Waals surface area contributed by atoms with E-state index in [4.69, 9.17) is 44.4 Å². The second kappa shape index (κ2) is 14.4. The van der Waals surface area contributed by atoms with Crippen molar-refractivity contribution in [2.75, 3.05) is 13.1 Å². The Hall–Kier alpha value is -1.23. The van der Waals surface area contributed by atoms with Gasteiger partial charge in [-0.25, -0.2) is 0 Å². The van der Waals surface area contributed by atoms with Crippen molar-refractivity contribution in [2.24, 2.45) is 22.2 Å². The van der Waals surface area contributed by atoms with E-state index in [2.05, 4.69) is 10.3 Å². The summed E-state index contributed by atoms with van der Waals surface area (Å²) in [6.07, 6.45) is 16.9. The minimum Gasteiger partial charge on any atom is -0.371 e. The molecular weight excluding hydrogens is 520 g/mol. The van der Waals surface area contributed by atoms with Gasteiger partial charge in [0.15, 0.2) is 11.9 Å². The highest BCUT2D eigenvalue weighted by Crippen LogP contribution is 2.46. The third kappa shape index (κ3) is 8.64. The molecule has 1 saturated carbocycles. The van der Waals surface area contributed by atoms with Crippen molar-refractivity contribution in [1.29, 1.82) is 5.41 Å². The Balaban J connectivity index is 1.53. The molecule has 5 unspecified atom stereocenters. The fraction of sp³-hybridized carbons (Fsp3) is 0.920. The summed E-state index contributed by atoms with van der Waals surface area (Å²) in [4.78, 5) is 4.16. The number of nitrogens with two attached hydrogens (primary N) is 3. The Morgan fingerprint density at radius 1 is 0.711 bits per heavy atom. The molecule has 11 nitrogen and oxygen atoms in total. The van der Waals surface area contributed by atoms with Crippen LogP contribution in [0.3, 0.4) is 0 Å². The van der Waals surface area contributed by atoms with E-state index in [1.165, 1.54) is 51.4 Å². The van der Waals surface area contributed by atoms with Crippen LogP contribution < -0.4 is 22.5 Å². The molecule has 3 aliphatic heterocycles. The molecule has 38 heavy (non-hydrogen) atoms. The van der Waals surface area contributed by atoms with Gasteiger partial charge in [-0.2, -0.15) is 0 Å². The lowest BCUT2D eigenvalue weighted by atomic mass is 9.96. The molecule has 0 amide bonds. The second-order valence-electron chi connectivity index (χ2n) is 11.3. The molecule has 13 heteroatoms. The Bertz CT molecular complexity index is 785. The Morgan fingerprint density at radius 2 is 1.18 bits per heavy atom. The van der Waals surface area contributed by atoms with Crippen molar-refractivity contribution >= 4 is 29.5 Å². The van der Waals surface area contributed by atoms with Crippen LogP contribution in [-0.2, 0) is 21.8 Å². The fourth-order valence-corrected chi connectivity index (χ4v) is 14.4. The molecule has 6 atom stereocenters. The molecule has 0 radical (unpaired) electrons. The lowest BCUT2D eigenvalue weighted by Gasteiger charge is -2.34. The number of nitrogens with one attached hydrogen (secondary N) is 2. The van der Waals surface area contributed by atoms with Crippen molar-refractivity contribution in [1.82, 2.24) is 5.32 Å². The highest BCUT2D eigenvalue weighted by atomic mass is 28.5. The second-order valence-corrected chi connectivity index (χ2v) is 16.8. The SMILES string of the molecule is N=C(N)NCCC[Si]12OC3CCCCCCCCCCCCC4O[Si](CCCN=C(N)N)(OC4C[C@H]3O1)O2. The number of hydrogen-bond donors (Lipinski definition) is 5. The number of rotatable bonds is 8. The van der Waals surface area contributed by atoms with E-state index in [9.17, 15) is 0 Å². The molecule has 4 fully saturated rings. The summed E-state index contributed by atoms with van der Waals surface area (Å²) in [5.41, 5.74) is 16.6. The van der Waals surface area contributed by atoms with Gasteiger partial charge in [0.2, 0.25) is 0 Å². The highest BCUT2D eigenvalue weighted by Gasteiger charge is 2.65. The summed E-state index contributed by atoms with van der Waals surface area (Å²) >= 11 is 0. The molecule has 4 rings (SSSR count). The predicted molar refractivity (Wildman–Crippen MR) is 152 cm³/mol. The quantitative estimate of drug-likeness (QED) is 0.127. The third-order valence-corrected chi connectivity index (χ3v) is 15.1. The molecule has 3 heterocycles. The van der Waals surface area contributed by atoms with E-state index in [1.54, 1.807) is 0 Å². The van der Waals surface area contributed by atoms with Gasteiger partial charge >= 0.3 is 17.6 Å². The molecule has 0 aromatic rings. The maximum atomic E-state index is 7.48. The van der Waals surface area contributed by atoms with E-state index in [-0.39, 0.29) is 36.3 Å². The van der Waals surface area contributed by atoms with Gasteiger partial charge in [0.05, 0.1) is 24.4 Å². The van der Waals surface area contributed by atoms with Crippen LogP contribution in [0.25, 0.3) is 0 Å². The number of aliphatic imine (C=N–C) groups is 1. The van der Waals surface area contributed by atoms with Crippen LogP contribution in [0, 0.1) is 5.41 Å². The minimum absolute atomic E-state index is 0.0268. The van der Waals surface area contributed by atoms with Gasteiger partial charge in [-0.3, -0.25) is 10.4 Å². The van der Waals surface area contributed by atoms with Crippen LogP contribution >= 0.6 is 0 Å². The van der Waals surface area contributed by atoms with E-state index in [0.717, 1.165) is 38.5 Å². The molecule has 4 aliphatic rings. The van der Waals surface area contributed by atoms with Crippen molar-refractivity contribution in [3.05, 3.63) is 0 Å². The normalized spacial score (nSPS) is 36.3. The molecule has 4 bridgehead atoms. The topological polar surface area (TPSA) is 172 Å². The summed E-state index contributed by atoms with van der Waals surface area (Å²) in [5, 5.41) is 10.4. The fourth-order valence-electron chi connectivity index (χ4n) is 6.21. The van der Waals surface area contributed by atoms with E-state index in [1.807, 2.05) is 0 Å². The summed E-state index contributed by atoms with van der Waals surface area (Å²) in [6.45, 7) is 1.08. The van der Waals surface area contributed by atoms with Gasteiger partial charge in [0.1, 0.15) is 0 Å². The zero-order valence-electron chi connectivity index (χ0n) is 23.0. The molecule has 0 spiro atoms. The van der Waals surface area contributed by atoms with Crippen LogP contribution in [0.1, 0.15) is 96.3 Å². The van der Waals surface area contributed by atoms with Crippen molar-refractivity contribution < 1.29 is 21.8 Å². The minimum atomic E-state index is -3.07. The lowest BCUT2D eigenvalue weighted by Crippen LogP contribution is -2.56. The molecule has 0 aromatic heterocycles. The smallest absolute Gasteiger partial charge is 0.371 e. The molecule has 8 N–H and O–H groups in total. The number of fused-ring (bicyclic) bond motifs is 2. The van der Waals surface area contributed by atoms with Crippen LogP contribution in [0.15, 0.2) is 4.99 Å². The van der Waals surface area contributed by atoms with Crippen LogP contribution in [-0.4, -0.2) is 67.0 Å². The van der Waals surface area contributed by atoms with Crippen LogP contribution in [0.5, 0.6) is 0 Å². The predicted octanol–water partition coefficient (Wildman–Crippen LogP) is 3.08. The first-order chi connectivity index (χ1) is 18.4. The van der Waals surface area contributed by atoms with E-state index < -0.39 is 17.6 Å². The number of hydrogen-bond acceptors (Lipinski definition) is 7. The Morgan fingerprint density at radius 3 is 1.68 bits per heavy atom. The molecular formula is C25H50N6O5Si2. The Kier molecular flexibility index (Phi) is 11.3. The zero-order valence-corrected chi connectivity index (χ0v) is 25.0. The summed E-state index contributed by atoms with van der Waals surface area (Å²) < 4.78 is 34.2. The molecule has 0 aromatic carbocycles. The van der Waals surface area contributed by atoms with Crippen molar-refractivity contribution in [3.8, 4) is 0 Å². The molecule has 1 aliphatic carbocycles. The first-order valence-electron chi connectivity index (χ1n) is 14.9.